The summed E-state index contributed by atoms with van der Waals surface area (Å²) in [7, 11) is 0. The number of hydrogen-bond acceptors (Lipinski definition) is 4. The summed E-state index contributed by atoms with van der Waals surface area (Å²) in [6.45, 7) is 6.05. The minimum atomic E-state index is -0.307. The lowest BCUT2D eigenvalue weighted by Gasteiger charge is -2.46. The predicted octanol–water partition coefficient (Wildman–Crippen LogP) is 5.16. The van der Waals surface area contributed by atoms with Gasteiger partial charge in [-0.05, 0) is 74.5 Å². The average Bonchev–Trinajstić information content (AvgIpc) is 3.44. The Balaban J connectivity index is 1.76. The number of unbranched alkanes of at least 4 members (excludes halogenated alkanes) is 1. The van der Waals surface area contributed by atoms with E-state index >= 15 is 0 Å². The second-order valence-corrected chi connectivity index (χ2v) is 9.99. The zero-order valence-electron chi connectivity index (χ0n) is 19.8. The number of allylic oxidation sites excluding steroid dienone is 3. The summed E-state index contributed by atoms with van der Waals surface area (Å²) in [5.41, 5.74) is 12.7. The molecule has 5 rings (SSSR count). The maximum Gasteiger partial charge on any atom is 0.251 e. The number of hydrogen-bond donors (Lipinski definition) is 1. The van der Waals surface area contributed by atoms with Crippen molar-refractivity contribution in [3.05, 3.63) is 64.1 Å². The Bertz CT molecular complexity index is 1100. The number of carbonyl (C=O) groups is 1. The van der Waals surface area contributed by atoms with Crippen molar-refractivity contribution in [2.45, 2.75) is 58.8 Å². The number of nitrogens with zero attached hydrogens (tertiary/aromatic N) is 3. The van der Waals surface area contributed by atoms with E-state index in [0.29, 0.717) is 11.8 Å². The lowest BCUT2D eigenvalue weighted by atomic mass is 9.81. The van der Waals surface area contributed by atoms with Crippen LogP contribution in [-0.2, 0) is 4.79 Å². The Morgan fingerprint density at radius 3 is 2.48 bits per heavy atom. The van der Waals surface area contributed by atoms with Gasteiger partial charge in [0.05, 0.1) is 23.0 Å². The number of carbonyl (C=O) groups excluding carboxylic acids is 1. The smallest absolute Gasteiger partial charge is 0.251 e. The number of fused-ring (bicyclic) bond motifs is 5. The predicted molar refractivity (Wildman–Crippen MR) is 131 cm³/mol. The Morgan fingerprint density at radius 1 is 1.15 bits per heavy atom. The van der Waals surface area contributed by atoms with Crippen LogP contribution in [0.5, 0.6) is 0 Å². The van der Waals surface area contributed by atoms with Gasteiger partial charge in [-0.3, -0.25) is 9.69 Å². The minimum absolute atomic E-state index is 0.133. The second kappa shape index (κ2) is 8.74. The summed E-state index contributed by atoms with van der Waals surface area (Å²) in [6, 6.07) is 10.9. The monoisotopic (exact) mass is 442 g/mol. The summed E-state index contributed by atoms with van der Waals surface area (Å²) < 4.78 is 0. The third kappa shape index (κ3) is 3.57. The largest absolute Gasteiger partial charge is 0.366 e. The quantitative estimate of drug-likeness (QED) is 0.684. The molecule has 4 aliphatic rings. The van der Waals surface area contributed by atoms with Crippen LogP contribution in [0.4, 0.5) is 5.69 Å². The molecule has 5 heteroatoms. The zero-order chi connectivity index (χ0) is 23.1. The average molecular weight is 443 g/mol. The van der Waals surface area contributed by atoms with Gasteiger partial charge in [0, 0.05) is 24.6 Å². The highest BCUT2D eigenvalue weighted by atomic mass is 16.1. The van der Waals surface area contributed by atoms with E-state index in [1.54, 1.807) is 0 Å². The number of nitriles is 1. The number of benzene rings is 1. The summed E-state index contributed by atoms with van der Waals surface area (Å²) in [6.07, 6.45) is 9.37. The van der Waals surface area contributed by atoms with E-state index in [1.165, 1.54) is 29.0 Å². The normalized spacial score (nSPS) is 26.3. The molecule has 1 amide bonds. The second-order valence-electron chi connectivity index (χ2n) is 9.99. The van der Waals surface area contributed by atoms with E-state index < -0.39 is 0 Å². The van der Waals surface area contributed by atoms with E-state index in [2.05, 4.69) is 60.1 Å². The Labute approximate surface area is 197 Å². The van der Waals surface area contributed by atoms with Gasteiger partial charge in [0.25, 0.3) is 5.91 Å². The number of primary amides is 1. The van der Waals surface area contributed by atoms with Crippen molar-refractivity contribution < 1.29 is 4.79 Å². The molecule has 2 N–H and O–H groups in total. The summed E-state index contributed by atoms with van der Waals surface area (Å²) in [4.78, 5) is 17.8. The van der Waals surface area contributed by atoms with Gasteiger partial charge in [-0.2, -0.15) is 5.26 Å². The van der Waals surface area contributed by atoms with E-state index in [1.807, 2.05) is 0 Å². The first kappa shape index (κ1) is 21.8. The maximum atomic E-state index is 13.0. The van der Waals surface area contributed by atoms with Gasteiger partial charge in [0.2, 0.25) is 0 Å². The molecule has 5 nitrogen and oxygen atoms in total. The molecule has 2 bridgehead atoms. The topological polar surface area (TPSA) is 73.4 Å². The molecule has 2 atom stereocenters. The van der Waals surface area contributed by atoms with Crippen LogP contribution >= 0.6 is 0 Å². The van der Waals surface area contributed by atoms with E-state index in [-0.39, 0.29) is 11.8 Å². The molecule has 2 aliphatic carbocycles. The first-order valence-electron chi connectivity index (χ1n) is 12.5. The minimum Gasteiger partial charge on any atom is -0.366 e. The number of aryl methyl sites for hydroxylation is 1. The maximum absolute atomic E-state index is 13.0. The molecular weight excluding hydrogens is 408 g/mol. The molecule has 1 aromatic rings. The van der Waals surface area contributed by atoms with Crippen LogP contribution in [0.15, 0.2) is 58.6 Å². The first-order chi connectivity index (χ1) is 16.0. The van der Waals surface area contributed by atoms with Crippen LogP contribution in [0.1, 0.15) is 57.4 Å². The molecule has 0 radical (unpaired) electrons. The zero-order valence-corrected chi connectivity index (χ0v) is 19.8. The van der Waals surface area contributed by atoms with Gasteiger partial charge in [0.1, 0.15) is 5.82 Å². The Hall–Kier alpha value is -3.00. The van der Waals surface area contributed by atoms with Crippen molar-refractivity contribution in [1.29, 1.82) is 5.26 Å². The van der Waals surface area contributed by atoms with Crippen molar-refractivity contribution in [2.24, 2.45) is 23.5 Å². The number of rotatable bonds is 5. The molecular formula is C28H34N4O. The van der Waals surface area contributed by atoms with Gasteiger partial charge in [0.15, 0.2) is 0 Å². The molecule has 1 aromatic carbocycles. The molecule has 33 heavy (non-hydrogen) atoms. The fourth-order valence-corrected chi connectivity index (χ4v) is 6.40. The van der Waals surface area contributed by atoms with Crippen LogP contribution in [0.25, 0.3) is 0 Å². The molecule has 2 heterocycles. The fraction of sp³-hybridized carbons (Fsp3) is 0.500. The Morgan fingerprint density at radius 2 is 1.85 bits per heavy atom. The lowest BCUT2D eigenvalue weighted by molar-refractivity contribution is -0.114. The van der Waals surface area contributed by atoms with Gasteiger partial charge < -0.3 is 10.6 Å². The molecule has 2 unspecified atom stereocenters. The van der Waals surface area contributed by atoms with Crippen molar-refractivity contribution >= 4 is 11.6 Å². The van der Waals surface area contributed by atoms with Crippen molar-refractivity contribution in [3.63, 3.8) is 0 Å². The molecule has 172 valence electrons. The lowest BCUT2D eigenvalue weighted by Crippen LogP contribution is -2.45. The van der Waals surface area contributed by atoms with Gasteiger partial charge in [-0.25, -0.2) is 0 Å². The van der Waals surface area contributed by atoms with Crippen molar-refractivity contribution in [2.75, 3.05) is 18.0 Å². The van der Waals surface area contributed by atoms with Gasteiger partial charge in [-0.1, -0.05) is 37.6 Å². The Kier molecular flexibility index (Phi) is 5.78. The molecule has 0 aromatic heterocycles. The summed E-state index contributed by atoms with van der Waals surface area (Å²) >= 11 is 0. The van der Waals surface area contributed by atoms with Crippen LogP contribution in [0.3, 0.4) is 0 Å². The summed E-state index contributed by atoms with van der Waals surface area (Å²) in [5.74, 6) is 1.99. The summed E-state index contributed by atoms with van der Waals surface area (Å²) in [5, 5.41) is 9.47. The standard InChI is InChI=1S/C28H34N4O/c1-3-4-8-23-26(27(30)33)24-20-10-11-21(16-20)25(24)28(31-14-12-19(17-29)13-15-31)32(23)22-9-6-5-7-18(22)2/h5-9,19-21H,3-4,10-16H2,1-2H3,(H2,30,33)/b23-8+. The van der Waals surface area contributed by atoms with Crippen LogP contribution in [-0.4, -0.2) is 23.9 Å². The highest BCUT2D eigenvalue weighted by Gasteiger charge is 2.49. The van der Waals surface area contributed by atoms with E-state index in [4.69, 9.17) is 5.73 Å². The molecule has 0 spiro atoms. The number of para-hydroxylation sites is 1. The highest BCUT2D eigenvalue weighted by molar-refractivity contribution is 6.01. The van der Waals surface area contributed by atoms with Gasteiger partial charge in [-0.15, -0.1) is 0 Å². The van der Waals surface area contributed by atoms with Crippen LogP contribution in [0, 0.1) is 36.0 Å². The van der Waals surface area contributed by atoms with E-state index in [9.17, 15) is 10.1 Å². The fourth-order valence-electron chi connectivity index (χ4n) is 6.40. The third-order valence-corrected chi connectivity index (χ3v) is 7.96. The number of amides is 1. The SMILES string of the molecule is CCC/C=C1\C(C(N)=O)=C2C(=C(N3CCC(C#N)CC3)N1c1ccccc1C)C1CCC2C1. The third-order valence-electron chi connectivity index (χ3n) is 7.96. The number of piperidine rings is 1. The van der Waals surface area contributed by atoms with Gasteiger partial charge >= 0.3 is 0 Å². The molecule has 2 saturated carbocycles. The molecule has 2 aliphatic heterocycles. The number of likely N-dealkylation sites (tertiary alicyclic amines) is 1. The van der Waals surface area contributed by atoms with Crippen LogP contribution < -0.4 is 10.6 Å². The van der Waals surface area contributed by atoms with E-state index in [0.717, 1.165) is 68.6 Å². The molecule has 1 saturated heterocycles. The number of nitrogens with two attached hydrogens (primary N) is 1. The first-order valence-corrected chi connectivity index (χ1v) is 12.5. The van der Waals surface area contributed by atoms with Crippen molar-refractivity contribution in [3.8, 4) is 6.07 Å². The molecule has 3 fully saturated rings. The van der Waals surface area contributed by atoms with Crippen molar-refractivity contribution in [1.82, 2.24) is 4.90 Å². The highest BCUT2D eigenvalue weighted by Crippen LogP contribution is 2.58. The number of anilines is 1. The van der Waals surface area contributed by atoms with Crippen LogP contribution in [0.2, 0.25) is 0 Å².